The summed E-state index contributed by atoms with van der Waals surface area (Å²) in [6.07, 6.45) is 0. The van der Waals surface area contributed by atoms with Gasteiger partial charge in [0.05, 0.1) is 11.3 Å². The van der Waals surface area contributed by atoms with Gasteiger partial charge in [-0.15, -0.1) is 0 Å². The number of carboxylic acids is 1. The predicted octanol–water partition coefficient (Wildman–Crippen LogP) is 3.44. The number of carbonyl (C=O) groups is 1. The highest BCUT2D eigenvalue weighted by Crippen LogP contribution is 2.24. The van der Waals surface area contributed by atoms with E-state index in [1.807, 2.05) is 0 Å². The first-order valence-corrected chi connectivity index (χ1v) is 7.13. The number of aromatic carboxylic acids is 1. The van der Waals surface area contributed by atoms with Crippen molar-refractivity contribution in [1.29, 1.82) is 0 Å². The molecule has 0 atom stereocenters. The largest absolute Gasteiger partial charge is 0.478 e. The molecule has 1 aromatic carbocycles. The van der Waals surface area contributed by atoms with Gasteiger partial charge in [0.15, 0.2) is 9.82 Å². The van der Waals surface area contributed by atoms with E-state index in [0.717, 1.165) is 0 Å². The minimum atomic E-state index is -1.07. The average molecular weight is 307 g/mol. The van der Waals surface area contributed by atoms with Gasteiger partial charge < -0.3 is 5.11 Å². The molecule has 8 heteroatoms. The number of aromatic nitrogens is 1. The molecule has 0 fully saturated rings. The number of halogens is 2. The van der Waals surface area contributed by atoms with Gasteiger partial charge in [-0.1, -0.05) is 23.2 Å². The van der Waals surface area contributed by atoms with Crippen LogP contribution in [0.5, 0.6) is 0 Å². The highest BCUT2D eigenvalue weighted by Gasteiger charge is 2.10. The number of rotatable bonds is 2. The molecular formula is C9H4Cl2N2O2S2. The van der Waals surface area contributed by atoms with Gasteiger partial charge in [-0.3, -0.25) is 0 Å². The molecule has 0 amide bonds. The second kappa shape index (κ2) is 5.14. The fourth-order valence-corrected chi connectivity index (χ4v) is 3.26. The monoisotopic (exact) mass is 306 g/mol. The number of carboxylic acid groups (broad SMARTS) is 1. The van der Waals surface area contributed by atoms with Crippen molar-refractivity contribution in [2.75, 3.05) is 0 Å². The van der Waals surface area contributed by atoms with Crippen molar-refractivity contribution >= 4 is 55.7 Å². The van der Waals surface area contributed by atoms with Crippen LogP contribution in [-0.4, -0.2) is 15.4 Å². The molecule has 0 aliphatic carbocycles. The summed E-state index contributed by atoms with van der Waals surface area (Å²) in [7, 11) is 2.46. The Morgan fingerprint density at radius 1 is 1.41 bits per heavy atom. The summed E-state index contributed by atoms with van der Waals surface area (Å²) < 4.78 is 4.33. The van der Waals surface area contributed by atoms with E-state index >= 15 is 0 Å². The van der Waals surface area contributed by atoms with Crippen molar-refractivity contribution in [3.63, 3.8) is 0 Å². The van der Waals surface area contributed by atoms with Gasteiger partial charge in [0.1, 0.15) is 0 Å². The Bertz CT molecular complexity index is 636. The van der Waals surface area contributed by atoms with E-state index in [9.17, 15) is 4.79 Å². The third-order valence-corrected chi connectivity index (χ3v) is 4.23. The van der Waals surface area contributed by atoms with Crippen LogP contribution in [0.25, 0.3) is 0 Å². The van der Waals surface area contributed by atoms with Crippen LogP contribution < -0.4 is 4.67 Å². The normalized spacial score (nSPS) is 11.8. The second-order valence-corrected chi connectivity index (χ2v) is 5.55. The standard InChI is InChI=1S/C9H4Cl2N2O2S2/c10-4-1-2-5(9(14)15)6(3-4)12-8-7(11)13-17-16-8/h1-3H,(H,14,15). The second-order valence-electron chi connectivity index (χ2n) is 2.92. The van der Waals surface area contributed by atoms with Crippen molar-refractivity contribution in [3.8, 4) is 0 Å². The summed E-state index contributed by atoms with van der Waals surface area (Å²) in [5, 5.41) is 9.68. The Hall–Kier alpha value is -0.950. The lowest BCUT2D eigenvalue weighted by Gasteiger charge is -2.00. The van der Waals surface area contributed by atoms with Gasteiger partial charge in [-0.05, 0) is 28.5 Å². The van der Waals surface area contributed by atoms with E-state index in [4.69, 9.17) is 28.3 Å². The molecule has 0 saturated carbocycles. The molecule has 0 unspecified atom stereocenters. The summed E-state index contributed by atoms with van der Waals surface area (Å²) in [6, 6.07) is 4.38. The Kier molecular flexibility index (Phi) is 3.78. The first kappa shape index (κ1) is 12.5. The molecule has 17 heavy (non-hydrogen) atoms. The van der Waals surface area contributed by atoms with E-state index in [2.05, 4.69) is 9.37 Å². The van der Waals surface area contributed by atoms with Gasteiger partial charge in [0.2, 0.25) is 0 Å². The minimum absolute atomic E-state index is 0.0730. The minimum Gasteiger partial charge on any atom is -0.478 e. The highest BCUT2D eigenvalue weighted by molar-refractivity contribution is 7.66. The van der Waals surface area contributed by atoms with E-state index in [1.165, 1.54) is 39.1 Å². The molecule has 0 radical (unpaired) electrons. The lowest BCUT2D eigenvalue weighted by Crippen LogP contribution is -1.99. The maximum atomic E-state index is 11.0. The fourth-order valence-electron chi connectivity index (χ4n) is 1.11. The van der Waals surface area contributed by atoms with Crippen molar-refractivity contribution in [1.82, 2.24) is 4.37 Å². The van der Waals surface area contributed by atoms with E-state index in [-0.39, 0.29) is 16.4 Å². The van der Waals surface area contributed by atoms with Gasteiger partial charge in [-0.25, -0.2) is 9.79 Å². The Labute approximate surface area is 113 Å². The molecule has 1 N–H and O–H groups in total. The molecule has 1 aromatic heterocycles. The molecule has 0 spiro atoms. The maximum Gasteiger partial charge on any atom is 0.337 e. The third kappa shape index (κ3) is 2.84. The molecule has 0 aliphatic rings. The van der Waals surface area contributed by atoms with Gasteiger partial charge >= 0.3 is 5.97 Å². The van der Waals surface area contributed by atoms with Crippen LogP contribution >= 0.6 is 44.1 Å². The van der Waals surface area contributed by atoms with Crippen LogP contribution in [0.1, 0.15) is 10.4 Å². The molecule has 4 nitrogen and oxygen atoms in total. The quantitative estimate of drug-likeness (QED) is 0.864. The van der Waals surface area contributed by atoms with Crippen molar-refractivity contribution in [2.24, 2.45) is 4.99 Å². The summed E-state index contributed by atoms with van der Waals surface area (Å²) in [4.78, 5) is 15.2. The fraction of sp³-hybridized carbons (Fsp3) is 0. The third-order valence-electron chi connectivity index (χ3n) is 1.82. The van der Waals surface area contributed by atoms with E-state index in [1.54, 1.807) is 0 Å². The van der Waals surface area contributed by atoms with E-state index in [0.29, 0.717) is 9.69 Å². The van der Waals surface area contributed by atoms with Gasteiger partial charge in [-0.2, -0.15) is 4.37 Å². The summed E-state index contributed by atoms with van der Waals surface area (Å²) in [5.41, 5.74) is 0.340. The Balaban J connectivity index is 2.63. The van der Waals surface area contributed by atoms with Crippen LogP contribution in [-0.2, 0) is 0 Å². The van der Waals surface area contributed by atoms with Gasteiger partial charge in [0, 0.05) is 15.6 Å². The van der Waals surface area contributed by atoms with Crippen molar-refractivity contribution in [3.05, 3.63) is 38.6 Å². The molecule has 0 aliphatic heterocycles. The number of hydrogen-bond acceptors (Lipinski definition) is 5. The summed E-state index contributed by atoms with van der Waals surface area (Å²) in [5.74, 6) is -1.07. The van der Waals surface area contributed by atoms with Crippen LogP contribution in [0.3, 0.4) is 0 Å². The summed E-state index contributed by atoms with van der Waals surface area (Å²) in [6.45, 7) is 0. The topological polar surface area (TPSA) is 62.5 Å². The van der Waals surface area contributed by atoms with Gasteiger partial charge in [0.25, 0.3) is 0 Å². The van der Waals surface area contributed by atoms with Crippen molar-refractivity contribution in [2.45, 2.75) is 0 Å². The zero-order valence-corrected chi connectivity index (χ0v) is 11.2. The highest BCUT2D eigenvalue weighted by atomic mass is 35.5. The molecule has 88 valence electrons. The van der Waals surface area contributed by atoms with Crippen LogP contribution in [0.4, 0.5) is 5.69 Å². The first-order chi connectivity index (χ1) is 8.08. The maximum absolute atomic E-state index is 11.0. The predicted molar refractivity (Wildman–Crippen MR) is 68.6 cm³/mol. The number of nitrogens with zero attached hydrogens (tertiary/aromatic N) is 2. The zero-order valence-electron chi connectivity index (χ0n) is 8.05. The molecular weight excluding hydrogens is 303 g/mol. The zero-order chi connectivity index (χ0) is 12.4. The molecule has 0 saturated heterocycles. The van der Waals surface area contributed by atoms with E-state index < -0.39 is 5.97 Å². The Morgan fingerprint density at radius 3 is 2.76 bits per heavy atom. The average Bonchev–Trinajstić information content (AvgIpc) is 2.64. The Morgan fingerprint density at radius 2 is 2.18 bits per heavy atom. The molecule has 2 aromatic rings. The molecule has 0 bridgehead atoms. The number of hydrogen-bond donors (Lipinski definition) is 1. The summed E-state index contributed by atoms with van der Waals surface area (Å²) >= 11 is 11.6. The van der Waals surface area contributed by atoms with Crippen molar-refractivity contribution < 1.29 is 9.90 Å². The van der Waals surface area contributed by atoms with Crippen LogP contribution in [0.15, 0.2) is 23.2 Å². The SMILES string of the molecule is O=C(O)c1ccc(Cl)cc1N=c1ssnc1Cl. The van der Waals surface area contributed by atoms with Crippen LogP contribution in [0.2, 0.25) is 10.2 Å². The molecule has 2 rings (SSSR count). The lowest BCUT2D eigenvalue weighted by molar-refractivity contribution is 0.0698. The first-order valence-electron chi connectivity index (χ1n) is 4.27. The number of benzene rings is 1. The lowest BCUT2D eigenvalue weighted by atomic mass is 10.2. The molecule has 1 heterocycles. The van der Waals surface area contributed by atoms with Crippen LogP contribution in [0, 0.1) is 0 Å². The smallest absolute Gasteiger partial charge is 0.337 e.